The van der Waals surface area contributed by atoms with Crippen LogP contribution in [0.5, 0.6) is 0 Å². The Labute approximate surface area is 150 Å². The molecule has 26 heavy (non-hydrogen) atoms. The van der Waals surface area contributed by atoms with Gasteiger partial charge in [-0.25, -0.2) is 14.4 Å². The Bertz CT molecular complexity index is 697. The molecule has 140 valence electrons. The smallest absolute Gasteiger partial charge is 0.410 e. The van der Waals surface area contributed by atoms with Crippen molar-refractivity contribution in [3.8, 4) is 0 Å². The third-order valence-electron chi connectivity index (χ3n) is 4.67. The van der Waals surface area contributed by atoms with Gasteiger partial charge in [0.05, 0.1) is 31.0 Å². The third-order valence-corrected chi connectivity index (χ3v) is 4.67. The van der Waals surface area contributed by atoms with Crippen molar-refractivity contribution in [1.29, 1.82) is 0 Å². The molecule has 2 saturated heterocycles. The van der Waals surface area contributed by atoms with Crippen molar-refractivity contribution in [2.45, 2.75) is 31.9 Å². The quantitative estimate of drug-likeness (QED) is 0.811. The van der Waals surface area contributed by atoms with Crippen molar-refractivity contribution < 1.29 is 29.0 Å². The van der Waals surface area contributed by atoms with Gasteiger partial charge < -0.3 is 19.5 Å². The lowest BCUT2D eigenvalue weighted by Gasteiger charge is -2.35. The van der Waals surface area contributed by atoms with Crippen LogP contribution in [0.1, 0.15) is 35.8 Å². The number of piperidine rings is 1. The Kier molecular flexibility index (Phi) is 4.97. The molecule has 2 fully saturated rings. The summed E-state index contributed by atoms with van der Waals surface area (Å²) in [6.45, 7) is 3.40. The highest BCUT2D eigenvalue weighted by molar-refractivity contribution is 5.88. The van der Waals surface area contributed by atoms with Crippen LogP contribution in [0.4, 0.5) is 9.59 Å². The molecule has 0 saturated carbocycles. The van der Waals surface area contributed by atoms with Crippen LogP contribution in [0.25, 0.3) is 0 Å². The number of carboxylic acid groups (broad SMARTS) is 1. The summed E-state index contributed by atoms with van der Waals surface area (Å²) in [5, 5.41) is 9.03. The number of amides is 2. The van der Waals surface area contributed by atoms with E-state index in [1.807, 2.05) is 0 Å². The molecule has 1 aromatic rings. The molecule has 0 aromatic carbocycles. The number of rotatable bonds is 4. The summed E-state index contributed by atoms with van der Waals surface area (Å²) in [6, 6.07) is 3.29. The van der Waals surface area contributed by atoms with Crippen LogP contribution in [0.15, 0.2) is 18.3 Å². The first-order valence-electron chi connectivity index (χ1n) is 8.50. The van der Waals surface area contributed by atoms with Crippen LogP contribution in [0, 0.1) is 0 Å². The molecule has 1 N–H and O–H groups in total. The third kappa shape index (κ3) is 3.71. The number of likely N-dealkylation sites (tertiary alicyclic amines) is 1. The second-order valence-corrected chi connectivity index (χ2v) is 6.44. The van der Waals surface area contributed by atoms with Crippen molar-refractivity contribution in [2.24, 2.45) is 0 Å². The second-order valence-electron chi connectivity index (χ2n) is 6.44. The highest BCUT2D eigenvalue weighted by Gasteiger charge is 2.47. The molecule has 9 nitrogen and oxygen atoms in total. The van der Waals surface area contributed by atoms with E-state index in [9.17, 15) is 14.4 Å². The molecule has 3 heterocycles. The minimum Gasteiger partial charge on any atom is -0.465 e. The predicted molar refractivity (Wildman–Crippen MR) is 88.6 cm³/mol. The molecule has 1 aromatic heterocycles. The molecule has 0 radical (unpaired) electrons. The number of nitrogens with zero attached hydrogens (tertiary/aromatic N) is 3. The lowest BCUT2D eigenvalue weighted by Crippen LogP contribution is -2.48. The fourth-order valence-corrected chi connectivity index (χ4v) is 3.23. The number of carbonyl (C=O) groups excluding carboxylic acids is 2. The molecule has 0 unspecified atom stereocenters. The van der Waals surface area contributed by atoms with Gasteiger partial charge in [0.2, 0.25) is 0 Å². The van der Waals surface area contributed by atoms with Gasteiger partial charge in [-0.05, 0) is 19.1 Å². The van der Waals surface area contributed by atoms with Gasteiger partial charge >= 0.3 is 18.2 Å². The second kappa shape index (κ2) is 7.19. The highest BCUT2D eigenvalue weighted by Crippen LogP contribution is 2.33. The van der Waals surface area contributed by atoms with Crippen molar-refractivity contribution >= 4 is 18.2 Å². The standard InChI is InChI=1S/C17H21N3O6/c1-2-25-14(21)12-3-4-13(18-9-12)10-20-11-17(26-16(20)24)5-7-19(8-6-17)15(22)23/h3-4,9H,2,5-8,10-11H2,1H3,(H,22,23). The van der Waals surface area contributed by atoms with Crippen LogP contribution in [-0.4, -0.2) is 69.9 Å². The van der Waals surface area contributed by atoms with Crippen molar-refractivity contribution in [3.63, 3.8) is 0 Å². The van der Waals surface area contributed by atoms with E-state index < -0.39 is 23.8 Å². The van der Waals surface area contributed by atoms with Crippen LogP contribution in [0.2, 0.25) is 0 Å². The van der Waals surface area contributed by atoms with E-state index in [1.165, 1.54) is 11.1 Å². The fourth-order valence-electron chi connectivity index (χ4n) is 3.23. The maximum atomic E-state index is 12.2. The Balaban J connectivity index is 1.60. The molecule has 9 heteroatoms. The largest absolute Gasteiger partial charge is 0.465 e. The fraction of sp³-hybridized carbons (Fsp3) is 0.529. The zero-order valence-corrected chi connectivity index (χ0v) is 14.5. The van der Waals surface area contributed by atoms with E-state index in [-0.39, 0.29) is 6.54 Å². The number of esters is 1. The highest BCUT2D eigenvalue weighted by atomic mass is 16.6. The van der Waals surface area contributed by atoms with Crippen molar-refractivity contribution in [3.05, 3.63) is 29.6 Å². The summed E-state index contributed by atoms with van der Waals surface area (Å²) >= 11 is 0. The number of ether oxygens (including phenoxy) is 2. The van der Waals surface area contributed by atoms with Gasteiger partial charge in [0, 0.05) is 32.1 Å². The van der Waals surface area contributed by atoms with Gasteiger partial charge in [-0.1, -0.05) is 0 Å². The molecule has 2 amide bonds. The number of pyridine rings is 1. The molecule has 0 bridgehead atoms. The molecule has 0 atom stereocenters. The Hall–Kier alpha value is -2.84. The summed E-state index contributed by atoms with van der Waals surface area (Å²) < 4.78 is 10.5. The number of hydrogen-bond donors (Lipinski definition) is 1. The van der Waals surface area contributed by atoms with Gasteiger partial charge in [0.1, 0.15) is 5.60 Å². The summed E-state index contributed by atoms with van der Waals surface area (Å²) in [5.74, 6) is -0.434. The normalized spacial score (nSPS) is 18.7. The lowest BCUT2D eigenvalue weighted by molar-refractivity contribution is 0.00429. The summed E-state index contributed by atoms with van der Waals surface area (Å²) in [5.41, 5.74) is 0.362. The van der Waals surface area contributed by atoms with Gasteiger partial charge in [-0.3, -0.25) is 9.88 Å². The SMILES string of the molecule is CCOC(=O)c1ccc(CN2CC3(CCN(C(=O)O)CC3)OC2=O)nc1. The van der Waals surface area contributed by atoms with Crippen molar-refractivity contribution in [1.82, 2.24) is 14.8 Å². The molecule has 1 spiro atoms. The van der Waals surface area contributed by atoms with E-state index in [2.05, 4.69) is 4.98 Å². The average molecular weight is 363 g/mol. The molecule has 2 aliphatic rings. The minimum absolute atomic E-state index is 0.270. The predicted octanol–water partition coefficient (Wildman–Crippen LogP) is 1.72. The Morgan fingerprint density at radius 3 is 2.65 bits per heavy atom. The Morgan fingerprint density at radius 2 is 2.08 bits per heavy atom. The monoisotopic (exact) mass is 363 g/mol. The van der Waals surface area contributed by atoms with E-state index >= 15 is 0 Å². The first-order chi connectivity index (χ1) is 12.4. The number of carbonyl (C=O) groups is 3. The summed E-state index contributed by atoms with van der Waals surface area (Å²) in [4.78, 5) is 41.9. The molecule has 2 aliphatic heterocycles. The van der Waals surface area contributed by atoms with Crippen LogP contribution >= 0.6 is 0 Å². The number of hydrogen-bond acceptors (Lipinski definition) is 6. The molecular formula is C17H21N3O6. The molecule has 3 rings (SSSR count). The van der Waals surface area contributed by atoms with Crippen LogP contribution in [-0.2, 0) is 16.0 Å². The van der Waals surface area contributed by atoms with Gasteiger partial charge in [-0.2, -0.15) is 0 Å². The van der Waals surface area contributed by atoms with Crippen LogP contribution < -0.4 is 0 Å². The summed E-state index contributed by atoms with van der Waals surface area (Å²) in [7, 11) is 0. The van der Waals surface area contributed by atoms with Gasteiger partial charge in [0.15, 0.2) is 0 Å². The zero-order valence-electron chi connectivity index (χ0n) is 14.5. The molecule has 0 aliphatic carbocycles. The van der Waals surface area contributed by atoms with Crippen LogP contribution in [0.3, 0.4) is 0 Å². The average Bonchev–Trinajstić information content (AvgIpc) is 2.91. The Morgan fingerprint density at radius 1 is 1.35 bits per heavy atom. The first-order valence-corrected chi connectivity index (χ1v) is 8.50. The zero-order chi connectivity index (χ0) is 18.7. The summed E-state index contributed by atoms with van der Waals surface area (Å²) in [6.07, 6.45) is 1.01. The van der Waals surface area contributed by atoms with E-state index in [0.717, 1.165) is 0 Å². The maximum Gasteiger partial charge on any atom is 0.410 e. The first kappa shape index (κ1) is 18.0. The van der Waals surface area contributed by atoms with E-state index in [0.29, 0.717) is 50.3 Å². The van der Waals surface area contributed by atoms with Crippen molar-refractivity contribution in [2.75, 3.05) is 26.2 Å². The lowest BCUT2D eigenvalue weighted by atomic mass is 9.91. The van der Waals surface area contributed by atoms with E-state index in [1.54, 1.807) is 24.0 Å². The topological polar surface area (TPSA) is 109 Å². The maximum absolute atomic E-state index is 12.2. The minimum atomic E-state index is -0.952. The van der Waals surface area contributed by atoms with Gasteiger partial charge in [-0.15, -0.1) is 0 Å². The number of aromatic nitrogens is 1. The van der Waals surface area contributed by atoms with Gasteiger partial charge in [0.25, 0.3) is 0 Å². The molecular weight excluding hydrogens is 342 g/mol. The van der Waals surface area contributed by atoms with E-state index in [4.69, 9.17) is 14.6 Å².